The Hall–Kier alpha value is -2.75. The number of rotatable bonds is 6. The standard InChI is InChI=1S/C14H14BrN5O4/c1-9(21)16-10-2-4-11(5-3-10)17-13(22)6-7-19-8-12(15)14(18-19)20(23)24/h2-5,8H,6-7H2,1H3,(H,16,21)(H,17,22). The maximum absolute atomic E-state index is 11.9. The van der Waals surface area contributed by atoms with Crippen LogP contribution >= 0.6 is 15.9 Å². The Morgan fingerprint density at radius 3 is 2.33 bits per heavy atom. The molecular formula is C14H14BrN5O4. The summed E-state index contributed by atoms with van der Waals surface area (Å²) in [5, 5.41) is 19.8. The number of benzene rings is 1. The van der Waals surface area contributed by atoms with Gasteiger partial charge in [0.25, 0.3) is 0 Å². The number of nitrogens with one attached hydrogen (secondary N) is 2. The van der Waals surface area contributed by atoms with Crippen LogP contribution in [0.3, 0.4) is 0 Å². The highest BCUT2D eigenvalue weighted by Crippen LogP contribution is 2.22. The summed E-state index contributed by atoms with van der Waals surface area (Å²) in [5.74, 6) is -0.716. The van der Waals surface area contributed by atoms with Gasteiger partial charge in [-0.1, -0.05) is 0 Å². The molecule has 2 rings (SSSR count). The van der Waals surface area contributed by atoms with Crippen LogP contribution in [0.4, 0.5) is 17.2 Å². The van der Waals surface area contributed by atoms with Gasteiger partial charge in [-0.15, -0.1) is 0 Å². The summed E-state index contributed by atoms with van der Waals surface area (Å²) in [6, 6.07) is 6.67. The van der Waals surface area contributed by atoms with E-state index in [1.54, 1.807) is 24.3 Å². The molecule has 0 fully saturated rings. The zero-order chi connectivity index (χ0) is 17.7. The van der Waals surface area contributed by atoms with Crippen molar-refractivity contribution in [3.63, 3.8) is 0 Å². The molecule has 2 aromatic rings. The van der Waals surface area contributed by atoms with E-state index < -0.39 is 4.92 Å². The second-order valence-corrected chi connectivity index (χ2v) is 5.73. The van der Waals surface area contributed by atoms with E-state index >= 15 is 0 Å². The summed E-state index contributed by atoms with van der Waals surface area (Å²) in [5.41, 5.74) is 1.22. The molecular weight excluding hydrogens is 382 g/mol. The molecule has 0 spiro atoms. The third kappa shape index (κ3) is 4.88. The summed E-state index contributed by atoms with van der Waals surface area (Å²) in [6.07, 6.45) is 1.56. The molecule has 10 heteroatoms. The van der Waals surface area contributed by atoms with E-state index in [1.165, 1.54) is 17.8 Å². The molecule has 1 aromatic carbocycles. The number of hydrogen-bond acceptors (Lipinski definition) is 5. The number of carbonyl (C=O) groups is 2. The van der Waals surface area contributed by atoms with Gasteiger partial charge < -0.3 is 20.7 Å². The van der Waals surface area contributed by atoms with Gasteiger partial charge in [0.2, 0.25) is 11.8 Å². The van der Waals surface area contributed by atoms with E-state index in [0.717, 1.165) is 0 Å². The number of anilines is 2. The first-order valence-electron chi connectivity index (χ1n) is 6.90. The van der Waals surface area contributed by atoms with Crippen LogP contribution in [0.5, 0.6) is 0 Å². The second-order valence-electron chi connectivity index (χ2n) is 4.88. The minimum Gasteiger partial charge on any atom is -0.358 e. The van der Waals surface area contributed by atoms with Gasteiger partial charge in [0.05, 0.1) is 17.8 Å². The Bertz CT molecular complexity index is 772. The number of aryl methyl sites for hydroxylation is 1. The highest BCUT2D eigenvalue weighted by molar-refractivity contribution is 9.10. The SMILES string of the molecule is CC(=O)Nc1ccc(NC(=O)CCn2cc(Br)c([N+](=O)[O-])n2)cc1. The van der Waals surface area contributed by atoms with Crippen LogP contribution < -0.4 is 10.6 Å². The minimum atomic E-state index is -0.600. The number of halogens is 1. The van der Waals surface area contributed by atoms with Crippen molar-refractivity contribution in [2.24, 2.45) is 0 Å². The lowest BCUT2D eigenvalue weighted by atomic mass is 10.2. The normalized spacial score (nSPS) is 10.2. The number of aromatic nitrogens is 2. The van der Waals surface area contributed by atoms with Crippen LogP contribution in [0, 0.1) is 10.1 Å². The molecule has 0 radical (unpaired) electrons. The quantitative estimate of drug-likeness (QED) is 0.575. The molecule has 0 saturated heterocycles. The van der Waals surface area contributed by atoms with E-state index in [2.05, 4.69) is 31.7 Å². The average molecular weight is 396 g/mol. The molecule has 126 valence electrons. The van der Waals surface area contributed by atoms with Crippen molar-refractivity contribution >= 4 is 44.9 Å². The Morgan fingerprint density at radius 1 is 1.25 bits per heavy atom. The lowest BCUT2D eigenvalue weighted by Crippen LogP contribution is -2.15. The van der Waals surface area contributed by atoms with Crippen molar-refractivity contribution in [3.8, 4) is 0 Å². The lowest BCUT2D eigenvalue weighted by molar-refractivity contribution is -0.390. The van der Waals surface area contributed by atoms with Gasteiger partial charge in [0.1, 0.15) is 4.47 Å². The van der Waals surface area contributed by atoms with Gasteiger partial charge in [-0.25, -0.2) is 0 Å². The monoisotopic (exact) mass is 395 g/mol. The molecule has 2 amide bonds. The summed E-state index contributed by atoms with van der Waals surface area (Å²) >= 11 is 3.05. The summed E-state index contributed by atoms with van der Waals surface area (Å²) < 4.78 is 1.60. The fourth-order valence-electron chi connectivity index (χ4n) is 1.90. The molecule has 0 aliphatic rings. The molecule has 2 N–H and O–H groups in total. The van der Waals surface area contributed by atoms with Gasteiger partial charge in [-0.3, -0.25) is 9.59 Å². The Morgan fingerprint density at radius 2 is 1.83 bits per heavy atom. The number of nitro groups is 1. The van der Waals surface area contributed by atoms with E-state index in [-0.39, 0.29) is 35.1 Å². The van der Waals surface area contributed by atoms with Crippen molar-refractivity contribution in [1.82, 2.24) is 9.78 Å². The average Bonchev–Trinajstić information content (AvgIpc) is 2.88. The second kappa shape index (κ2) is 7.68. The topological polar surface area (TPSA) is 119 Å². The fourth-order valence-corrected chi connectivity index (χ4v) is 2.37. The van der Waals surface area contributed by atoms with E-state index in [4.69, 9.17) is 0 Å². The van der Waals surface area contributed by atoms with Gasteiger partial charge in [0, 0.05) is 24.7 Å². The first-order valence-corrected chi connectivity index (χ1v) is 7.69. The van der Waals surface area contributed by atoms with Crippen LogP contribution in [0.25, 0.3) is 0 Å². The van der Waals surface area contributed by atoms with Crippen LogP contribution in [-0.2, 0) is 16.1 Å². The van der Waals surface area contributed by atoms with Crippen LogP contribution in [0.15, 0.2) is 34.9 Å². The van der Waals surface area contributed by atoms with Gasteiger partial charge in [0.15, 0.2) is 0 Å². The molecule has 1 aromatic heterocycles. The smallest absolute Gasteiger partial charge is 0.358 e. The van der Waals surface area contributed by atoms with Crippen molar-refractivity contribution in [2.75, 3.05) is 10.6 Å². The zero-order valence-electron chi connectivity index (χ0n) is 12.7. The summed E-state index contributed by atoms with van der Waals surface area (Å²) in [7, 11) is 0. The maximum Gasteiger partial charge on any atom is 0.404 e. The lowest BCUT2D eigenvalue weighted by Gasteiger charge is -2.06. The summed E-state index contributed by atoms with van der Waals surface area (Å²) in [6.45, 7) is 1.62. The number of nitrogens with zero attached hydrogens (tertiary/aromatic N) is 3. The maximum atomic E-state index is 11.9. The molecule has 24 heavy (non-hydrogen) atoms. The van der Waals surface area contributed by atoms with Crippen molar-refractivity contribution in [1.29, 1.82) is 0 Å². The number of carbonyl (C=O) groups excluding carboxylic acids is 2. The number of amides is 2. The van der Waals surface area contributed by atoms with Gasteiger partial charge in [-0.2, -0.15) is 4.68 Å². The molecule has 0 bridgehead atoms. The predicted molar refractivity (Wildman–Crippen MR) is 90.6 cm³/mol. The highest BCUT2D eigenvalue weighted by atomic mass is 79.9. The fraction of sp³-hybridized carbons (Fsp3) is 0.214. The molecule has 1 heterocycles. The molecule has 0 aliphatic heterocycles. The first kappa shape index (κ1) is 17.6. The first-order chi connectivity index (χ1) is 11.3. The molecule has 0 unspecified atom stereocenters. The molecule has 0 aliphatic carbocycles. The Balaban J connectivity index is 1.88. The van der Waals surface area contributed by atoms with Gasteiger partial charge >= 0.3 is 5.82 Å². The van der Waals surface area contributed by atoms with E-state index in [1.807, 2.05) is 0 Å². The summed E-state index contributed by atoms with van der Waals surface area (Å²) in [4.78, 5) is 32.9. The molecule has 9 nitrogen and oxygen atoms in total. The minimum absolute atomic E-state index is 0.110. The largest absolute Gasteiger partial charge is 0.404 e. The van der Waals surface area contributed by atoms with E-state index in [9.17, 15) is 19.7 Å². The highest BCUT2D eigenvalue weighted by Gasteiger charge is 2.18. The zero-order valence-corrected chi connectivity index (χ0v) is 14.2. The van der Waals surface area contributed by atoms with E-state index in [0.29, 0.717) is 11.4 Å². The van der Waals surface area contributed by atoms with Gasteiger partial charge in [-0.05, 0) is 45.1 Å². The van der Waals surface area contributed by atoms with Crippen molar-refractivity contribution in [2.45, 2.75) is 19.9 Å². The molecule has 0 atom stereocenters. The Kier molecular flexibility index (Phi) is 5.64. The molecule has 0 saturated carbocycles. The predicted octanol–water partition coefficient (Wildman–Crippen LogP) is 2.54. The van der Waals surface area contributed by atoms with Crippen LogP contribution in [-0.4, -0.2) is 26.5 Å². The van der Waals surface area contributed by atoms with Crippen molar-refractivity contribution in [3.05, 3.63) is 45.0 Å². The van der Waals surface area contributed by atoms with Crippen molar-refractivity contribution < 1.29 is 14.5 Å². The third-order valence-corrected chi connectivity index (χ3v) is 3.49. The van der Waals surface area contributed by atoms with Crippen LogP contribution in [0.1, 0.15) is 13.3 Å². The third-order valence-electron chi connectivity index (χ3n) is 2.93. The van der Waals surface area contributed by atoms with Crippen LogP contribution in [0.2, 0.25) is 0 Å². The Labute approximate surface area is 145 Å². The number of hydrogen-bond donors (Lipinski definition) is 2.